The third kappa shape index (κ3) is 6.03. The van der Waals surface area contributed by atoms with Gasteiger partial charge in [0.2, 0.25) is 0 Å². The molecule has 3 aromatic rings. The number of rotatable bonds is 6. The fourth-order valence-corrected chi connectivity index (χ4v) is 3.25. The Labute approximate surface area is 180 Å². The van der Waals surface area contributed by atoms with Crippen molar-refractivity contribution in [1.29, 1.82) is 0 Å². The van der Waals surface area contributed by atoms with Crippen molar-refractivity contribution < 1.29 is 4.52 Å². The van der Waals surface area contributed by atoms with Gasteiger partial charge in [-0.3, -0.25) is 4.99 Å². The summed E-state index contributed by atoms with van der Waals surface area (Å²) in [6.45, 7) is 5.47. The highest BCUT2D eigenvalue weighted by Crippen LogP contribution is 2.19. The number of hydrogen-bond acceptors (Lipinski definition) is 5. The topological polar surface area (TPSA) is 75.3 Å². The first-order valence-corrected chi connectivity index (χ1v) is 9.43. The van der Waals surface area contributed by atoms with E-state index in [1.54, 1.807) is 18.4 Å². The van der Waals surface area contributed by atoms with Crippen molar-refractivity contribution in [3.05, 3.63) is 58.2 Å². The van der Waals surface area contributed by atoms with Gasteiger partial charge in [0.1, 0.15) is 10.7 Å². The molecule has 27 heavy (non-hydrogen) atoms. The average Bonchev–Trinajstić information content (AvgIpc) is 3.32. The van der Waals surface area contributed by atoms with Crippen molar-refractivity contribution in [2.45, 2.75) is 32.9 Å². The Morgan fingerprint density at radius 2 is 1.93 bits per heavy atom. The molecular weight excluding hydrogens is 473 g/mol. The Morgan fingerprint density at radius 3 is 2.59 bits per heavy atom. The molecule has 0 saturated carbocycles. The number of benzene rings is 1. The summed E-state index contributed by atoms with van der Waals surface area (Å²) < 4.78 is 5.41. The molecule has 0 saturated heterocycles. The molecule has 0 spiro atoms. The van der Waals surface area contributed by atoms with E-state index in [1.807, 2.05) is 36.4 Å². The van der Waals surface area contributed by atoms with Gasteiger partial charge in [0.05, 0.1) is 18.8 Å². The van der Waals surface area contributed by atoms with Crippen LogP contribution in [0.1, 0.15) is 36.2 Å². The van der Waals surface area contributed by atoms with Crippen LogP contribution < -0.4 is 10.6 Å². The molecule has 0 atom stereocenters. The summed E-state index contributed by atoms with van der Waals surface area (Å²) in [6.07, 6.45) is 0. The van der Waals surface area contributed by atoms with Crippen molar-refractivity contribution >= 4 is 41.3 Å². The maximum atomic E-state index is 5.41. The molecule has 0 bridgehead atoms. The second-order valence-corrected chi connectivity index (χ2v) is 7.09. The third-order valence-electron chi connectivity index (χ3n) is 3.85. The van der Waals surface area contributed by atoms with Gasteiger partial charge in [-0.05, 0) is 5.92 Å². The first-order chi connectivity index (χ1) is 12.7. The van der Waals surface area contributed by atoms with Gasteiger partial charge in [-0.15, -0.1) is 35.3 Å². The third-order valence-corrected chi connectivity index (χ3v) is 4.71. The molecule has 0 unspecified atom stereocenters. The summed E-state index contributed by atoms with van der Waals surface area (Å²) in [7, 11) is 1.74. The normalized spacial score (nSPS) is 11.3. The summed E-state index contributed by atoms with van der Waals surface area (Å²) in [6, 6.07) is 11.9. The Morgan fingerprint density at radius 1 is 1.19 bits per heavy atom. The number of nitrogens with zero attached hydrogens (tertiary/aromatic N) is 3. The largest absolute Gasteiger partial charge is 0.356 e. The minimum Gasteiger partial charge on any atom is -0.356 e. The van der Waals surface area contributed by atoms with Crippen molar-refractivity contribution in [1.82, 2.24) is 20.8 Å². The number of halogens is 1. The first kappa shape index (κ1) is 21.4. The molecule has 2 heterocycles. The molecule has 0 amide bonds. The highest BCUT2D eigenvalue weighted by molar-refractivity contribution is 14.0. The van der Waals surface area contributed by atoms with Gasteiger partial charge in [-0.2, -0.15) is 0 Å². The SMILES string of the molecule is CN=C(NCc1cc(-c2ccccc2)on1)NCc1nc(C(C)C)cs1.I. The molecule has 2 N–H and O–H groups in total. The quantitative estimate of drug-likeness (QED) is 0.300. The lowest BCUT2D eigenvalue weighted by Gasteiger charge is -2.09. The Hall–Kier alpha value is -1.94. The van der Waals surface area contributed by atoms with E-state index in [4.69, 9.17) is 4.52 Å². The summed E-state index contributed by atoms with van der Waals surface area (Å²) in [5.41, 5.74) is 2.97. The second-order valence-electron chi connectivity index (χ2n) is 6.15. The van der Waals surface area contributed by atoms with E-state index in [1.165, 1.54) is 0 Å². The summed E-state index contributed by atoms with van der Waals surface area (Å²) in [4.78, 5) is 8.86. The highest BCUT2D eigenvalue weighted by Gasteiger charge is 2.08. The smallest absolute Gasteiger partial charge is 0.191 e. The maximum Gasteiger partial charge on any atom is 0.191 e. The summed E-state index contributed by atoms with van der Waals surface area (Å²) >= 11 is 1.66. The van der Waals surface area contributed by atoms with Crippen molar-refractivity contribution in [2.75, 3.05) is 7.05 Å². The van der Waals surface area contributed by atoms with Crippen molar-refractivity contribution in [3.63, 3.8) is 0 Å². The predicted molar refractivity (Wildman–Crippen MR) is 121 cm³/mol. The zero-order valence-electron chi connectivity index (χ0n) is 15.6. The lowest BCUT2D eigenvalue weighted by molar-refractivity contribution is 0.422. The van der Waals surface area contributed by atoms with Crippen LogP contribution in [0.3, 0.4) is 0 Å². The molecule has 3 rings (SSSR count). The molecule has 0 aliphatic rings. The number of nitrogens with one attached hydrogen (secondary N) is 2. The Bertz CT molecular complexity index is 860. The molecule has 0 aliphatic heterocycles. The fourth-order valence-electron chi connectivity index (χ4n) is 2.36. The summed E-state index contributed by atoms with van der Waals surface area (Å²) in [5, 5.41) is 13.8. The predicted octanol–water partition coefficient (Wildman–Crippen LogP) is 4.40. The monoisotopic (exact) mass is 497 g/mol. The zero-order valence-corrected chi connectivity index (χ0v) is 18.7. The maximum absolute atomic E-state index is 5.41. The van der Waals surface area contributed by atoms with Gasteiger partial charge in [-0.1, -0.05) is 49.3 Å². The first-order valence-electron chi connectivity index (χ1n) is 8.55. The van der Waals surface area contributed by atoms with Crippen LogP contribution in [0.2, 0.25) is 0 Å². The zero-order chi connectivity index (χ0) is 18.4. The van der Waals surface area contributed by atoms with Gasteiger partial charge in [-0.25, -0.2) is 4.98 Å². The molecule has 0 radical (unpaired) electrons. The van der Waals surface area contributed by atoms with Gasteiger partial charge in [0, 0.05) is 24.1 Å². The molecule has 0 aliphatic carbocycles. The molecule has 0 fully saturated rings. The average molecular weight is 497 g/mol. The van der Waals surface area contributed by atoms with E-state index in [2.05, 4.69) is 45.0 Å². The van der Waals surface area contributed by atoms with Crippen molar-refractivity contribution in [2.24, 2.45) is 4.99 Å². The molecule has 2 aromatic heterocycles. The van der Waals surface area contributed by atoms with Crippen LogP contribution in [0.25, 0.3) is 11.3 Å². The molecule has 1 aromatic carbocycles. The lowest BCUT2D eigenvalue weighted by atomic mass is 10.2. The second kappa shape index (κ2) is 10.4. The minimum absolute atomic E-state index is 0. The Kier molecular flexibility index (Phi) is 8.23. The molecular formula is C19H24IN5OS. The van der Waals surface area contributed by atoms with E-state index >= 15 is 0 Å². The van der Waals surface area contributed by atoms with Crippen molar-refractivity contribution in [3.8, 4) is 11.3 Å². The van der Waals surface area contributed by atoms with E-state index in [9.17, 15) is 0 Å². The number of hydrogen-bond donors (Lipinski definition) is 2. The van der Waals surface area contributed by atoms with Crippen LogP contribution in [0, 0.1) is 0 Å². The van der Waals surface area contributed by atoms with E-state index in [-0.39, 0.29) is 24.0 Å². The molecule has 8 heteroatoms. The van der Waals surface area contributed by atoms with E-state index in [0.29, 0.717) is 25.0 Å². The number of thiazole rings is 1. The Balaban J connectivity index is 0.00000261. The van der Waals surface area contributed by atoms with Crippen LogP contribution in [0.5, 0.6) is 0 Å². The van der Waals surface area contributed by atoms with Gasteiger partial charge in [0.15, 0.2) is 11.7 Å². The van der Waals surface area contributed by atoms with Crippen LogP contribution in [-0.2, 0) is 13.1 Å². The lowest BCUT2D eigenvalue weighted by Crippen LogP contribution is -2.36. The van der Waals surface area contributed by atoms with Gasteiger partial charge < -0.3 is 15.2 Å². The fraction of sp³-hybridized carbons (Fsp3) is 0.316. The van der Waals surface area contributed by atoms with Gasteiger partial charge in [0.25, 0.3) is 0 Å². The van der Waals surface area contributed by atoms with Crippen LogP contribution >= 0.6 is 35.3 Å². The number of aliphatic imine (C=N–C) groups is 1. The molecule has 6 nitrogen and oxygen atoms in total. The molecule has 144 valence electrons. The standard InChI is InChI=1S/C19H23N5OS.HI/c1-13(2)16-12-26-18(23-16)11-22-19(20-3)21-10-15-9-17(25-24-15)14-7-5-4-6-8-14;/h4-9,12-13H,10-11H2,1-3H3,(H2,20,21,22);1H. The van der Waals surface area contributed by atoms with E-state index < -0.39 is 0 Å². The van der Waals surface area contributed by atoms with Crippen LogP contribution in [-0.4, -0.2) is 23.1 Å². The van der Waals surface area contributed by atoms with Crippen LogP contribution in [0.4, 0.5) is 0 Å². The number of aromatic nitrogens is 2. The number of guanidine groups is 1. The summed E-state index contributed by atoms with van der Waals surface area (Å²) in [5.74, 6) is 1.91. The van der Waals surface area contributed by atoms with Gasteiger partial charge >= 0.3 is 0 Å². The van der Waals surface area contributed by atoms with E-state index in [0.717, 1.165) is 27.7 Å². The minimum atomic E-state index is 0. The van der Waals surface area contributed by atoms with Crippen LogP contribution in [0.15, 0.2) is 51.3 Å². The highest BCUT2D eigenvalue weighted by atomic mass is 127.